The molecule has 0 aliphatic carbocycles. The average molecular weight is 220 g/mol. The van der Waals surface area contributed by atoms with Gasteiger partial charge < -0.3 is 0 Å². The Morgan fingerprint density at radius 2 is 1.33 bits per heavy atom. The van der Waals surface area contributed by atoms with Crippen LogP contribution < -0.4 is 0 Å². The molecule has 0 bridgehead atoms. The molecule has 0 saturated carbocycles. The van der Waals surface area contributed by atoms with E-state index >= 15 is 0 Å². The van der Waals surface area contributed by atoms with Gasteiger partial charge in [-0.05, 0) is 24.0 Å². The molecule has 0 radical (unpaired) electrons. The first kappa shape index (κ1) is 12.5. The molecule has 0 nitrogen and oxygen atoms in total. The lowest BCUT2D eigenvalue weighted by atomic mass is 10.1. The van der Waals surface area contributed by atoms with Crippen molar-refractivity contribution in [2.24, 2.45) is 0 Å². The van der Waals surface area contributed by atoms with Crippen LogP contribution in [0.4, 0.5) is 0 Å². The summed E-state index contributed by atoms with van der Waals surface area (Å²) in [7, 11) is -0.869. The highest BCUT2D eigenvalue weighted by atomic mass is 28.3. The van der Waals surface area contributed by atoms with Crippen molar-refractivity contribution >= 4 is 8.07 Å². The van der Waals surface area contributed by atoms with Crippen LogP contribution in [0.5, 0.6) is 0 Å². The maximum absolute atomic E-state index is 2.44. The largest absolute Gasteiger partial charge is 0.0695 e. The molecule has 1 aromatic rings. The van der Waals surface area contributed by atoms with Crippen LogP contribution in [-0.2, 0) is 12.8 Å². The number of hydrogen-bond acceptors (Lipinski definition) is 0. The minimum absolute atomic E-state index is 0.869. The fraction of sp³-hybridized carbons (Fsp3) is 0.571. The van der Waals surface area contributed by atoms with E-state index in [0.717, 1.165) is 0 Å². The van der Waals surface area contributed by atoms with E-state index in [9.17, 15) is 0 Å². The lowest BCUT2D eigenvalue weighted by Gasteiger charge is -2.15. The number of benzene rings is 1. The lowest BCUT2D eigenvalue weighted by Crippen LogP contribution is -2.19. The molecule has 1 aromatic carbocycles. The summed E-state index contributed by atoms with van der Waals surface area (Å²) >= 11 is 0. The molecule has 0 N–H and O–H groups in total. The molecule has 15 heavy (non-hydrogen) atoms. The highest BCUT2D eigenvalue weighted by Gasteiger charge is 2.12. The van der Waals surface area contributed by atoms with Crippen LogP contribution in [0.3, 0.4) is 0 Å². The summed E-state index contributed by atoms with van der Waals surface area (Å²) in [5.74, 6) is 0. The quantitative estimate of drug-likeness (QED) is 0.640. The van der Waals surface area contributed by atoms with E-state index < -0.39 is 8.07 Å². The van der Waals surface area contributed by atoms with Crippen LogP contribution in [0.1, 0.15) is 24.5 Å². The van der Waals surface area contributed by atoms with Crippen molar-refractivity contribution in [3.63, 3.8) is 0 Å². The van der Waals surface area contributed by atoms with Gasteiger partial charge >= 0.3 is 0 Å². The Bertz CT molecular complexity index is 279. The van der Waals surface area contributed by atoms with E-state index in [4.69, 9.17) is 0 Å². The van der Waals surface area contributed by atoms with Crippen LogP contribution in [0.25, 0.3) is 0 Å². The van der Waals surface area contributed by atoms with Gasteiger partial charge in [0.05, 0.1) is 0 Å². The second kappa shape index (κ2) is 5.50. The van der Waals surface area contributed by atoms with Crippen molar-refractivity contribution in [2.45, 2.75) is 51.9 Å². The molecule has 0 aromatic heterocycles. The monoisotopic (exact) mass is 220 g/mol. The first-order valence-corrected chi connectivity index (χ1v) is 9.80. The summed E-state index contributed by atoms with van der Waals surface area (Å²) in [5, 5.41) is 0. The van der Waals surface area contributed by atoms with Crippen LogP contribution in [0.15, 0.2) is 24.3 Å². The average Bonchev–Trinajstić information content (AvgIpc) is 2.16. The summed E-state index contributed by atoms with van der Waals surface area (Å²) in [4.78, 5) is 0. The highest BCUT2D eigenvalue weighted by molar-refractivity contribution is 6.76. The van der Waals surface area contributed by atoms with Crippen molar-refractivity contribution in [1.82, 2.24) is 0 Å². The van der Waals surface area contributed by atoms with Gasteiger partial charge in [-0.25, -0.2) is 0 Å². The Hall–Kier alpha value is -0.563. The molecule has 0 aliphatic heterocycles. The van der Waals surface area contributed by atoms with Gasteiger partial charge in [-0.3, -0.25) is 0 Å². The molecule has 0 unspecified atom stereocenters. The van der Waals surface area contributed by atoms with Gasteiger partial charge in [-0.15, -0.1) is 0 Å². The van der Waals surface area contributed by atoms with Gasteiger partial charge in [-0.1, -0.05) is 63.3 Å². The normalized spacial score (nSPS) is 11.7. The second-order valence-electron chi connectivity index (χ2n) is 5.63. The van der Waals surface area contributed by atoms with E-state index in [1.54, 1.807) is 0 Å². The molecule has 1 rings (SSSR count). The van der Waals surface area contributed by atoms with Crippen molar-refractivity contribution in [3.05, 3.63) is 35.4 Å². The van der Waals surface area contributed by atoms with Gasteiger partial charge in [-0.2, -0.15) is 0 Å². The Morgan fingerprint density at radius 3 is 1.73 bits per heavy atom. The Labute approximate surface area is 95.7 Å². The number of aryl methyl sites for hydroxylation is 2. The molecule has 1 heteroatoms. The zero-order chi connectivity index (χ0) is 11.3. The maximum atomic E-state index is 2.44. The predicted molar refractivity (Wildman–Crippen MR) is 72.3 cm³/mol. The highest BCUT2D eigenvalue weighted by Crippen LogP contribution is 2.14. The van der Waals surface area contributed by atoms with E-state index in [0.29, 0.717) is 0 Å². The zero-order valence-electron chi connectivity index (χ0n) is 10.6. The molecule has 0 atom stereocenters. The molecule has 0 aliphatic rings. The van der Waals surface area contributed by atoms with Crippen molar-refractivity contribution in [2.75, 3.05) is 0 Å². The van der Waals surface area contributed by atoms with Crippen molar-refractivity contribution in [3.8, 4) is 0 Å². The molecule has 0 fully saturated rings. The molecule has 84 valence electrons. The lowest BCUT2D eigenvalue weighted by molar-refractivity contribution is 0.919. The Morgan fingerprint density at radius 1 is 0.867 bits per heavy atom. The SMILES string of the molecule is CCCc1ccc(CC[Si](C)(C)C)cc1. The van der Waals surface area contributed by atoms with E-state index in [2.05, 4.69) is 50.8 Å². The van der Waals surface area contributed by atoms with Gasteiger partial charge in [0, 0.05) is 8.07 Å². The van der Waals surface area contributed by atoms with Crippen molar-refractivity contribution < 1.29 is 0 Å². The molecule has 0 amide bonds. The summed E-state index contributed by atoms with van der Waals surface area (Å²) < 4.78 is 0. The summed E-state index contributed by atoms with van der Waals surface area (Å²) in [6, 6.07) is 10.6. The van der Waals surface area contributed by atoms with E-state index in [1.807, 2.05) is 0 Å². The summed E-state index contributed by atoms with van der Waals surface area (Å²) in [5.41, 5.74) is 2.99. The third-order valence-electron chi connectivity index (χ3n) is 2.73. The van der Waals surface area contributed by atoms with Gasteiger partial charge in [0.2, 0.25) is 0 Å². The molecule has 0 heterocycles. The summed E-state index contributed by atoms with van der Waals surface area (Å²) in [6.45, 7) is 9.56. The molecular weight excluding hydrogens is 196 g/mol. The van der Waals surface area contributed by atoms with Crippen LogP contribution in [-0.4, -0.2) is 8.07 Å². The second-order valence-corrected chi connectivity index (χ2v) is 11.2. The third kappa shape index (κ3) is 5.17. The van der Waals surface area contributed by atoms with E-state index in [-0.39, 0.29) is 0 Å². The predicted octanol–water partition coefficient (Wildman–Crippen LogP) is 4.52. The smallest absolute Gasteiger partial charge is 0.0445 e. The van der Waals surface area contributed by atoms with Crippen LogP contribution >= 0.6 is 0 Å². The van der Waals surface area contributed by atoms with Crippen molar-refractivity contribution in [1.29, 1.82) is 0 Å². The van der Waals surface area contributed by atoms with E-state index in [1.165, 1.54) is 36.4 Å². The van der Waals surface area contributed by atoms with Gasteiger partial charge in [0.25, 0.3) is 0 Å². The first-order chi connectivity index (χ1) is 7.01. The third-order valence-corrected chi connectivity index (χ3v) is 4.48. The fourth-order valence-corrected chi connectivity index (χ4v) is 2.72. The number of hydrogen-bond donors (Lipinski definition) is 0. The standard InChI is InChI=1S/C14H24Si/c1-5-6-13-7-9-14(10-8-13)11-12-15(2,3)4/h7-10H,5-6,11-12H2,1-4H3. The number of rotatable bonds is 5. The minimum Gasteiger partial charge on any atom is -0.0695 e. The molecule has 0 spiro atoms. The molecular formula is C14H24Si. The topological polar surface area (TPSA) is 0 Å². The Kier molecular flexibility index (Phi) is 4.59. The van der Waals surface area contributed by atoms with Crippen LogP contribution in [0, 0.1) is 0 Å². The van der Waals surface area contributed by atoms with Gasteiger partial charge in [0.15, 0.2) is 0 Å². The maximum Gasteiger partial charge on any atom is 0.0445 e. The zero-order valence-corrected chi connectivity index (χ0v) is 11.6. The summed E-state index contributed by atoms with van der Waals surface area (Å²) in [6.07, 6.45) is 3.73. The Balaban J connectivity index is 2.50. The molecule has 0 saturated heterocycles. The first-order valence-electron chi connectivity index (χ1n) is 6.09. The fourth-order valence-electron chi connectivity index (χ4n) is 1.68. The van der Waals surface area contributed by atoms with Gasteiger partial charge in [0.1, 0.15) is 0 Å². The van der Waals surface area contributed by atoms with Crippen LogP contribution in [0.2, 0.25) is 25.7 Å². The minimum atomic E-state index is -0.869.